The summed E-state index contributed by atoms with van der Waals surface area (Å²) in [6, 6.07) is 4.57. The minimum atomic E-state index is -0.469. The Bertz CT molecular complexity index is 568. The summed E-state index contributed by atoms with van der Waals surface area (Å²) in [5.74, 6) is 0.0391. The molecular weight excluding hydrogens is 300 g/mol. The minimum Gasteiger partial charge on any atom is -0.489 e. The van der Waals surface area contributed by atoms with Gasteiger partial charge in [0.05, 0.1) is 37.7 Å². The molecule has 1 aliphatic heterocycles. The van der Waals surface area contributed by atoms with Crippen molar-refractivity contribution in [1.29, 1.82) is 0 Å². The molecule has 0 atom stereocenters. The van der Waals surface area contributed by atoms with Gasteiger partial charge in [-0.25, -0.2) is 9.59 Å². The molecule has 0 radical (unpaired) electrons. The van der Waals surface area contributed by atoms with Crippen LogP contribution in [0.5, 0.6) is 5.75 Å². The second-order valence-corrected chi connectivity index (χ2v) is 5.40. The summed E-state index contributed by atoms with van der Waals surface area (Å²) in [5.41, 5.74) is 0.791. The molecule has 2 rings (SSSR count). The largest absolute Gasteiger partial charge is 0.489 e. The number of rotatable bonds is 4. The third-order valence-electron chi connectivity index (χ3n) is 3.30. The third-order valence-corrected chi connectivity index (χ3v) is 3.30. The minimum absolute atomic E-state index is 0.0574. The molecule has 1 heterocycles. The van der Waals surface area contributed by atoms with Gasteiger partial charge >= 0.3 is 12.0 Å². The Labute approximate surface area is 135 Å². The number of hydrogen-bond donors (Lipinski definition) is 1. The predicted molar refractivity (Wildman–Crippen MR) is 85.0 cm³/mol. The molecule has 0 aliphatic carbocycles. The van der Waals surface area contributed by atoms with E-state index in [-0.39, 0.29) is 12.1 Å². The molecule has 1 aromatic carbocycles. The number of carbonyl (C=O) groups is 2. The number of urea groups is 1. The van der Waals surface area contributed by atoms with Gasteiger partial charge in [-0.3, -0.25) is 0 Å². The van der Waals surface area contributed by atoms with Crippen LogP contribution in [0.2, 0.25) is 0 Å². The summed E-state index contributed by atoms with van der Waals surface area (Å²) in [5, 5.41) is 2.80. The zero-order valence-corrected chi connectivity index (χ0v) is 13.6. The summed E-state index contributed by atoms with van der Waals surface area (Å²) in [4.78, 5) is 25.7. The fraction of sp³-hybridized carbons (Fsp3) is 0.500. The van der Waals surface area contributed by atoms with Gasteiger partial charge in [-0.15, -0.1) is 0 Å². The van der Waals surface area contributed by atoms with Crippen LogP contribution in [-0.4, -0.2) is 56.4 Å². The Hall–Kier alpha value is -2.28. The molecule has 0 unspecified atom stereocenters. The molecule has 2 amide bonds. The Morgan fingerprint density at radius 2 is 1.96 bits per heavy atom. The number of esters is 1. The van der Waals surface area contributed by atoms with Crippen LogP contribution in [0.3, 0.4) is 0 Å². The Kier molecular flexibility index (Phi) is 5.81. The van der Waals surface area contributed by atoms with Crippen molar-refractivity contribution < 1.29 is 23.8 Å². The molecule has 1 N–H and O–H groups in total. The van der Waals surface area contributed by atoms with Crippen LogP contribution in [0, 0.1) is 0 Å². The highest BCUT2D eigenvalue weighted by Crippen LogP contribution is 2.27. The number of hydrogen-bond acceptors (Lipinski definition) is 5. The Morgan fingerprint density at radius 3 is 2.57 bits per heavy atom. The summed E-state index contributed by atoms with van der Waals surface area (Å²) < 4.78 is 15.6. The molecule has 7 nitrogen and oxygen atoms in total. The number of ether oxygens (including phenoxy) is 3. The second kappa shape index (κ2) is 7.82. The first-order valence-electron chi connectivity index (χ1n) is 7.54. The summed E-state index contributed by atoms with van der Waals surface area (Å²) in [7, 11) is 1.31. The lowest BCUT2D eigenvalue weighted by molar-refractivity contribution is 0.0564. The highest BCUT2D eigenvalue weighted by molar-refractivity contribution is 5.95. The first kappa shape index (κ1) is 17.1. The van der Waals surface area contributed by atoms with E-state index in [9.17, 15) is 9.59 Å². The van der Waals surface area contributed by atoms with E-state index in [4.69, 9.17) is 14.2 Å². The van der Waals surface area contributed by atoms with Gasteiger partial charge in [-0.1, -0.05) is 0 Å². The lowest BCUT2D eigenvalue weighted by Gasteiger charge is -2.27. The average Bonchev–Trinajstić information content (AvgIpc) is 2.56. The van der Waals surface area contributed by atoms with E-state index in [1.54, 1.807) is 23.1 Å². The van der Waals surface area contributed by atoms with Gasteiger partial charge < -0.3 is 24.4 Å². The smallest absolute Gasteiger partial charge is 0.337 e. The van der Waals surface area contributed by atoms with Crippen molar-refractivity contribution in [3.8, 4) is 5.75 Å². The number of morpholine rings is 1. The van der Waals surface area contributed by atoms with Crippen LogP contribution in [0.25, 0.3) is 0 Å². The van der Waals surface area contributed by atoms with Crippen molar-refractivity contribution in [2.24, 2.45) is 0 Å². The van der Waals surface area contributed by atoms with Crippen molar-refractivity contribution >= 4 is 17.7 Å². The molecule has 0 spiro atoms. The van der Waals surface area contributed by atoms with Gasteiger partial charge in [0.1, 0.15) is 5.75 Å². The number of benzene rings is 1. The number of nitrogens with one attached hydrogen (secondary N) is 1. The first-order chi connectivity index (χ1) is 11.0. The maximum atomic E-state index is 12.3. The van der Waals surface area contributed by atoms with Crippen LogP contribution in [0.4, 0.5) is 10.5 Å². The number of anilines is 1. The molecule has 0 bridgehead atoms. The van der Waals surface area contributed by atoms with Crippen molar-refractivity contribution in [1.82, 2.24) is 4.90 Å². The van der Waals surface area contributed by atoms with E-state index in [1.807, 2.05) is 13.8 Å². The topological polar surface area (TPSA) is 77.1 Å². The zero-order valence-electron chi connectivity index (χ0n) is 13.6. The number of carbonyl (C=O) groups excluding carboxylic acids is 2. The van der Waals surface area contributed by atoms with E-state index in [2.05, 4.69) is 5.32 Å². The maximum absolute atomic E-state index is 12.3. The molecule has 1 aliphatic rings. The average molecular weight is 322 g/mol. The molecule has 126 valence electrons. The normalized spacial score (nSPS) is 14.5. The SMILES string of the molecule is COC(=O)c1ccc(OC(C)C)c(NC(=O)N2CCOCC2)c1. The first-order valence-corrected chi connectivity index (χ1v) is 7.54. The number of amides is 2. The molecule has 0 aromatic heterocycles. The van der Waals surface area contributed by atoms with Gasteiger partial charge in [0, 0.05) is 13.1 Å². The predicted octanol–water partition coefficient (Wildman–Crippen LogP) is 2.12. The van der Waals surface area contributed by atoms with Crippen LogP contribution in [-0.2, 0) is 9.47 Å². The molecule has 1 aromatic rings. The van der Waals surface area contributed by atoms with Gasteiger partial charge in [0.15, 0.2) is 0 Å². The van der Waals surface area contributed by atoms with Crippen molar-refractivity contribution in [3.63, 3.8) is 0 Å². The molecule has 1 fully saturated rings. The maximum Gasteiger partial charge on any atom is 0.337 e. The molecule has 1 saturated heterocycles. The van der Waals surface area contributed by atoms with Crippen molar-refractivity contribution in [2.75, 3.05) is 38.7 Å². The monoisotopic (exact) mass is 322 g/mol. The van der Waals surface area contributed by atoms with E-state index in [0.717, 1.165) is 0 Å². The van der Waals surface area contributed by atoms with Crippen molar-refractivity contribution in [2.45, 2.75) is 20.0 Å². The highest BCUT2D eigenvalue weighted by atomic mass is 16.5. The summed E-state index contributed by atoms with van der Waals surface area (Å²) >= 11 is 0. The second-order valence-electron chi connectivity index (χ2n) is 5.40. The Balaban J connectivity index is 2.21. The van der Waals surface area contributed by atoms with E-state index in [1.165, 1.54) is 7.11 Å². The molecule has 0 saturated carbocycles. The number of nitrogens with zero attached hydrogens (tertiary/aromatic N) is 1. The van der Waals surface area contributed by atoms with Crippen LogP contribution >= 0.6 is 0 Å². The summed E-state index contributed by atoms with van der Waals surface area (Å²) in [6.07, 6.45) is -0.0574. The third kappa shape index (κ3) is 4.59. The van der Waals surface area contributed by atoms with Gasteiger partial charge in [-0.05, 0) is 32.0 Å². The van der Waals surface area contributed by atoms with Gasteiger partial charge in [0.2, 0.25) is 0 Å². The zero-order chi connectivity index (χ0) is 16.8. The van der Waals surface area contributed by atoms with Crippen LogP contribution in [0.15, 0.2) is 18.2 Å². The van der Waals surface area contributed by atoms with E-state index >= 15 is 0 Å². The van der Waals surface area contributed by atoms with Crippen LogP contribution in [0.1, 0.15) is 24.2 Å². The van der Waals surface area contributed by atoms with Gasteiger partial charge in [-0.2, -0.15) is 0 Å². The van der Waals surface area contributed by atoms with Gasteiger partial charge in [0.25, 0.3) is 0 Å². The fourth-order valence-corrected chi connectivity index (χ4v) is 2.19. The summed E-state index contributed by atoms with van der Waals surface area (Å²) in [6.45, 7) is 5.88. The lowest BCUT2D eigenvalue weighted by atomic mass is 10.2. The van der Waals surface area contributed by atoms with E-state index < -0.39 is 5.97 Å². The lowest BCUT2D eigenvalue weighted by Crippen LogP contribution is -2.43. The van der Waals surface area contributed by atoms with E-state index in [0.29, 0.717) is 43.3 Å². The molecule has 23 heavy (non-hydrogen) atoms. The number of methoxy groups -OCH3 is 1. The molecular formula is C16H22N2O5. The van der Waals surface area contributed by atoms with Crippen LogP contribution < -0.4 is 10.1 Å². The standard InChI is InChI=1S/C16H22N2O5/c1-11(2)23-14-5-4-12(15(19)21-3)10-13(14)17-16(20)18-6-8-22-9-7-18/h4-5,10-11H,6-9H2,1-3H3,(H,17,20). The Morgan fingerprint density at radius 1 is 1.26 bits per heavy atom. The van der Waals surface area contributed by atoms with Crippen molar-refractivity contribution in [3.05, 3.63) is 23.8 Å². The fourth-order valence-electron chi connectivity index (χ4n) is 2.19. The molecule has 7 heteroatoms. The highest BCUT2D eigenvalue weighted by Gasteiger charge is 2.19. The quantitative estimate of drug-likeness (QED) is 0.859.